The van der Waals surface area contributed by atoms with E-state index in [4.69, 9.17) is 9.15 Å². The van der Waals surface area contributed by atoms with Crippen LogP contribution >= 0.6 is 11.8 Å². The molecule has 0 saturated heterocycles. The van der Waals surface area contributed by atoms with Crippen molar-refractivity contribution in [2.24, 2.45) is 0 Å². The lowest BCUT2D eigenvalue weighted by Gasteiger charge is -2.21. The first-order chi connectivity index (χ1) is 20.1. The average Bonchev–Trinajstić information content (AvgIpc) is 3.34. The number of nitrogens with one attached hydrogen (secondary N) is 1. The molecular formula is C34H31NO6S. The van der Waals surface area contributed by atoms with Crippen LogP contribution in [-0.4, -0.2) is 40.3 Å². The van der Waals surface area contributed by atoms with Gasteiger partial charge in [-0.15, -0.1) is 0 Å². The number of furan rings is 1. The first kappa shape index (κ1) is 29.0. The Kier molecular flexibility index (Phi) is 8.36. The molecule has 0 radical (unpaired) electrons. The second-order valence-electron chi connectivity index (χ2n) is 10.9. The van der Waals surface area contributed by atoms with Gasteiger partial charge in [-0.1, -0.05) is 78.9 Å². The molecule has 0 aliphatic heterocycles. The van der Waals surface area contributed by atoms with Crippen LogP contribution in [0.1, 0.15) is 42.3 Å². The van der Waals surface area contributed by atoms with Crippen LogP contribution in [0.2, 0.25) is 0 Å². The third-order valence-electron chi connectivity index (χ3n) is 6.60. The number of hydrogen-bond donors (Lipinski definition) is 2. The van der Waals surface area contributed by atoms with Gasteiger partial charge in [0.25, 0.3) is 0 Å². The van der Waals surface area contributed by atoms with Gasteiger partial charge in [0.15, 0.2) is 5.78 Å². The molecule has 1 heterocycles. The number of benzene rings is 4. The molecule has 5 aromatic rings. The fourth-order valence-corrected chi connectivity index (χ4v) is 5.65. The molecule has 2 N–H and O–H groups in total. The number of thioether (sulfide) groups is 1. The van der Waals surface area contributed by atoms with Crippen molar-refractivity contribution in [1.82, 2.24) is 5.32 Å². The lowest BCUT2D eigenvalue weighted by Crippen LogP contribution is -2.44. The first-order valence-electron chi connectivity index (χ1n) is 13.5. The van der Waals surface area contributed by atoms with Gasteiger partial charge in [0.2, 0.25) is 0 Å². The van der Waals surface area contributed by atoms with Gasteiger partial charge in [0.05, 0.1) is 0 Å². The zero-order valence-corrected chi connectivity index (χ0v) is 24.4. The van der Waals surface area contributed by atoms with E-state index < -0.39 is 23.7 Å². The number of fused-ring (bicyclic) bond motifs is 3. The number of rotatable bonds is 9. The first-order valence-corrected chi connectivity index (χ1v) is 14.7. The lowest BCUT2D eigenvalue weighted by atomic mass is 9.97. The van der Waals surface area contributed by atoms with Crippen molar-refractivity contribution in [2.75, 3.05) is 5.75 Å². The van der Waals surface area contributed by atoms with Crippen LogP contribution in [0.4, 0.5) is 4.79 Å². The van der Waals surface area contributed by atoms with Crippen molar-refractivity contribution in [3.05, 3.63) is 108 Å². The van der Waals surface area contributed by atoms with Crippen LogP contribution in [0, 0.1) is 0 Å². The minimum atomic E-state index is -1.13. The quantitative estimate of drug-likeness (QED) is 0.172. The van der Waals surface area contributed by atoms with E-state index in [-0.39, 0.29) is 11.5 Å². The van der Waals surface area contributed by atoms with Crippen molar-refractivity contribution in [3.63, 3.8) is 0 Å². The van der Waals surface area contributed by atoms with Crippen LogP contribution in [-0.2, 0) is 15.3 Å². The van der Waals surface area contributed by atoms with Gasteiger partial charge in [0.1, 0.15) is 22.8 Å². The molecule has 1 atom stereocenters. The van der Waals surface area contributed by atoms with Crippen molar-refractivity contribution in [3.8, 4) is 11.1 Å². The number of aliphatic carboxylic acids is 1. The minimum absolute atomic E-state index is 0.0969. The number of alkyl carbamates (subject to hydrolysis) is 1. The number of hydrogen-bond acceptors (Lipinski definition) is 6. The Hall–Kier alpha value is -4.56. The van der Waals surface area contributed by atoms with Crippen molar-refractivity contribution < 1.29 is 28.6 Å². The minimum Gasteiger partial charge on any atom is -0.480 e. The number of amides is 1. The number of ether oxygens (including phenoxy) is 1. The fourth-order valence-electron chi connectivity index (χ4n) is 4.64. The van der Waals surface area contributed by atoms with E-state index in [1.54, 1.807) is 39.0 Å². The molecule has 7 nitrogen and oxygen atoms in total. The van der Waals surface area contributed by atoms with Crippen molar-refractivity contribution in [1.29, 1.82) is 0 Å². The SMILES string of the molecule is CC(C)(C)OC(=O)NC(CSCc1ccc(C(=O)c2cccc(-c3cccc4c3oc3ccccc34)c2)cc1)C(=O)O. The van der Waals surface area contributed by atoms with E-state index in [1.807, 2.05) is 72.8 Å². The van der Waals surface area contributed by atoms with Crippen LogP contribution < -0.4 is 5.32 Å². The predicted molar refractivity (Wildman–Crippen MR) is 166 cm³/mol. The molecule has 0 saturated carbocycles. The van der Waals surface area contributed by atoms with E-state index in [9.17, 15) is 19.5 Å². The summed E-state index contributed by atoms with van der Waals surface area (Å²) in [7, 11) is 0. The summed E-state index contributed by atoms with van der Waals surface area (Å²) in [5.74, 6) is -0.543. The Morgan fingerprint density at radius 2 is 1.60 bits per heavy atom. The van der Waals surface area contributed by atoms with E-state index in [1.165, 1.54) is 11.8 Å². The maximum atomic E-state index is 13.4. The molecule has 42 heavy (non-hydrogen) atoms. The highest BCUT2D eigenvalue weighted by Gasteiger charge is 2.24. The van der Waals surface area contributed by atoms with Crippen molar-refractivity contribution >= 4 is 51.5 Å². The number of carboxylic acids is 1. The smallest absolute Gasteiger partial charge is 0.408 e. The maximum absolute atomic E-state index is 13.4. The molecule has 0 aliphatic carbocycles. The summed E-state index contributed by atoms with van der Waals surface area (Å²) in [5, 5.41) is 14.0. The largest absolute Gasteiger partial charge is 0.480 e. The summed E-state index contributed by atoms with van der Waals surface area (Å²) in [4.78, 5) is 36.9. The second-order valence-corrected chi connectivity index (χ2v) is 12.0. The molecule has 1 amide bonds. The molecule has 1 unspecified atom stereocenters. The molecule has 8 heteroatoms. The van der Waals surface area contributed by atoms with Gasteiger partial charge in [-0.25, -0.2) is 9.59 Å². The van der Waals surface area contributed by atoms with Gasteiger partial charge in [-0.3, -0.25) is 4.79 Å². The van der Waals surface area contributed by atoms with Crippen LogP contribution in [0.15, 0.2) is 95.4 Å². The molecule has 4 aromatic carbocycles. The third kappa shape index (κ3) is 6.66. The second kappa shape index (κ2) is 12.1. The number of carbonyl (C=O) groups excluding carboxylic acids is 2. The van der Waals surface area contributed by atoms with E-state index in [2.05, 4.69) is 5.32 Å². The summed E-state index contributed by atoms with van der Waals surface area (Å²) < 4.78 is 11.3. The number of carboxylic acid groups (broad SMARTS) is 1. The predicted octanol–water partition coefficient (Wildman–Crippen LogP) is 7.70. The van der Waals surface area contributed by atoms with Gasteiger partial charge in [-0.2, -0.15) is 11.8 Å². The normalized spacial score (nSPS) is 12.3. The molecule has 5 rings (SSSR count). The average molecular weight is 582 g/mol. The highest BCUT2D eigenvalue weighted by molar-refractivity contribution is 7.98. The number of ketones is 1. The zero-order valence-electron chi connectivity index (χ0n) is 23.5. The Labute approximate surface area is 247 Å². The van der Waals surface area contributed by atoms with Crippen LogP contribution in [0.5, 0.6) is 0 Å². The third-order valence-corrected chi connectivity index (χ3v) is 7.70. The molecule has 0 fully saturated rings. The molecular weight excluding hydrogens is 550 g/mol. The van der Waals surface area contributed by atoms with Gasteiger partial charge in [-0.05, 0) is 44.0 Å². The highest BCUT2D eigenvalue weighted by atomic mass is 32.2. The summed E-state index contributed by atoms with van der Waals surface area (Å²) in [6.45, 7) is 5.14. The van der Waals surface area contributed by atoms with Gasteiger partial charge >= 0.3 is 12.1 Å². The summed E-state index contributed by atoms with van der Waals surface area (Å²) in [6, 6.07) is 27.7. The number of carbonyl (C=O) groups is 3. The van der Waals surface area contributed by atoms with Gasteiger partial charge < -0.3 is 19.6 Å². The van der Waals surface area contributed by atoms with Crippen molar-refractivity contribution in [2.45, 2.75) is 38.2 Å². The highest BCUT2D eigenvalue weighted by Crippen LogP contribution is 2.36. The maximum Gasteiger partial charge on any atom is 0.408 e. The fraction of sp³-hybridized carbons (Fsp3) is 0.206. The monoisotopic (exact) mass is 581 g/mol. The standard InChI is InChI=1S/C34H31NO6S/c1-34(2,3)41-33(39)35-28(32(37)38)20-42-19-21-14-16-22(17-15-21)30(36)24-9-6-8-23(18-24)25-11-7-12-27-26-10-4-5-13-29(26)40-31(25)27/h4-18,28H,19-20H2,1-3H3,(H,35,39)(H,37,38). The van der Waals surface area contributed by atoms with Gasteiger partial charge in [0, 0.05) is 39.0 Å². The summed E-state index contributed by atoms with van der Waals surface area (Å²) in [5.41, 5.74) is 4.77. The molecule has 0 bridgehead atoms. The Morgan fingerprint density at radius 3 is 2.33 bits per heavy atom. The topological polar surface area (TPSA) is 106 Å². The molecule has 0 spiro atoms. The Balaban J connectivity index is 1.25. The van der Waals surface area contributed by atoms with E-state index in [0.29, 0.717) is 16.9 Å². The molecule has 214 valence electrons. The Morgan fingerprint density at radius 1 is 0.881 bits per heavy atom. The number of para-hydroxylation sites is 2. The van der Waals surface area contributed by atoms with E-state index in [0.717, 1.165) is 38.6 Å². The zero-order chi connectivity index (χ0) is 29.9. The summed E-state index contributed by atoms with van der Waals surface area (Å²) in [6.07, 6.45) is -0.767. The van der Waals surface area contributed by atoms with Crippen LogP contribution in [0.3, 0.4) is 0 Å². The lowest BCUT2D eigenvalue weighted by molar-refractivity contribution is -0.138. The van der Waals surface area contributed by atoms with Crippen LogP contribution in [0.25, 0.3) is 33.1 Å². The molecule has 0 aliphatic rings. The molecule has 1 aromatic heterocycles. The summed E-state index contributed by atoms with van der Waals surface area (Å²) >= 11 is 1.37. The Bertz CT molecular complexity index is 1770. The van der Waals surface area contributed by atoms with E-state index >= 15 is 0 Å².